The number of halogens is 2. The molecule has 1 aromatic rings. The first-order chi connectivity index (χ1) is 6.15. The van der Waals surface area contributed by atoms with Gasteiger partial charge in [-0.15, -0.1) is 0 Å². The maximum absolute atomic E-state index is 8.64. The molecule has 0 saturated heterocycles. The maximum Gasteiger partial charge on any atom is 0.135 e. The Morgan fingerprint density at radius 1 is 1.38 bits per heavy atom. The van der Waals surface area contributed by atoms with Crippen LogP contribution in [0.1, 0.15) is 5.56 Å². The third kappa shape index (κ3) is 3.25. The summed E-state index contributed by atoms with van der Waals surface area (Å²) >= 11 is 4.52. The first-order valence-corrected chi connectivity index (χ1v) is 6.00. The molecule has 2 nitrogen and oxygen atoms in total. The monoisotopic (exact) mass is 404 g/mol. The van der Waals surface area contributed by atoms with Crippen LogP contribution in [-0.4, -0.2) is 18.3 Å². The standard InChI is InChI=1S/C9H10I2O2/c1-6-4-7(10)5-8(11)9(6)13-3-2-12/h4-5,12H,2-3H2,1H3. The molecule has 1 aromatic carbocycles. The van der Waals surface area contributed by atoms with Crippen molar-refractivity contribution >= 4 is 45.2 Å². The zero-order valence-electron chi connectivity index (χ0n) is 7.18. The first-order valence-electron chi connectivity index (χ1n) is 3.84. The Hall–Kier alpha value is 0.440. The van der Waals surface area contributed by atoms with E-state index in [2.05, 4.69) is 57.3 Å². The molecule has 1 N–H and O–H groups in total. The highest BCUT2D eigenvalue weighted by molar-refractivity contribution is 14.1. The van der Waals surface area contributed by atoms with Gasteiger partial charge in [0.05, 0.1) is 10.2 Å². The highest BCUT2D eigenvalue weighted by Crippen LogP contribution is 2.27. The number of benzene rings is 1. The molecule has 0 radical (unpaired) electrons. The topological polar surface area (TPSA) is 29.5 Å². The lowest BCUT2D eigenvalue weighted by Crippen LogP contribution is -2.04. The van der Waals surface area contributed by atoms with Gasteiger partial charge in [-0.2, -0.15) is 0 Å². The molecule has 0 unspecified atom stereocenters. The van der Waals surface area contributed by atoms with Gasteiger partial charge in [0.15, 0.2) is 0 Å². The minimum atomic E-state index is 0.0571. The van der Waals surface area contributed by atoms with Crippen molar-refractivity contribution in [3.63, 3.8) is 0 Å². The van der Waals surface area contributed by atoms with Crippen molar-refractivity contribution in [1.82, 2.24) is 0 Å². The summed E-state index contributed by atoms with van der Waals surface area (Å²) in [7, 11) is 0. The van der Waals surface area contributed by atoms with Crippen molar-refractivity contribution in [2.45, 2.75) is 6.92 Å². The van der Waals surface area contributed by atoms with Gasteiger partial charge in [0.1, 0.15) is 12.4 Å². The van der Waals surface area contributed by atoms with Crippen LogP contribution in [0.25, 0.3) is 0 Å². The summed E-state index contributed by atoms with van der Waals surface area (Å²) in [5.41, 5.74) is 1.12. The molecule has 0 saturated carbocycles. The van der Waals surface area contributed by atoms with Crippen LogP contribution in [0.3, 0.4) is 0 Å². The Balaban J connectivity index is 2.92. The van der Waals surface area contributed by atoms with Crippen LogP contribution in [-0.2, 0) is 0 Å². The fourth-order valence-electron chi connectivity index (χ4n) is 1.02. The van der Waals surface area contributed by atoms with Crippen LogP contribution < -0.4 is 4.74 Å². The van der Waals surface area contributed by atoms with Crippen molar-refractivity contribution < 1.29 is 9.84 Å². The van der Waals surface area contributed by atoms with E-state index in [1.165, 1.54) is 3.57 Å². The molecule has 0 bridgehead atoms. The minimum absolute atomic E-state index is 0.0571. The molecule has 0 heterocycles. The third-order valence-corrected chi connectivity index (χ3v) is 2.96. The van der Waals surface area contributed by atoms with Crippen LogP contribution >= 0.6 is 45.2 Å². The van der Waals surface area contributed by atoms with Gasteiger partial charge in [0.2, 0.25) is 0 Å². The van der Waals surface area contributed by atoms with E-state index in [9.17, 15) is 0 Å². The molecule has 1 rings (SSSR count). The third-order valence-electron chi connectivity index (χ3n) is 1.53. The number of aryl methyl sites for hydroxylation is 1. The predicted molar refractivity (Wildman–Crippen MR) is 69.2 cm³/mol. The summed E-state index contributed by atoms with van der Waals surface area (Å²) in [6, 6.07) is 4.12. The second-order valence-corrected chi connectivity index (χ2v) is 5.01. The van der Waals surface area contributed by atoms with Gasteiger partial charge in [-0.1, -0.05) is 0 Å². The van der Waals surface area contributed by atoms with E-state index in [-0.39, 0.29) is 6.61 Å². The molecule has 0 aromatic heterocycles. The van der Waals surface area contributed by atoms with E-state index in [4.69, 9.17) is 9.84 Å². The van der Waals surface area contributed by atoms with Crippen molar-refractivity contribution in [3.8, 4) is 5.75 Å². The second-order valence-electron chi connectivity index (χ2n) is 2.61. The molecule has 0 atom stereocenters. The number of hydrogen-bond acceptors (Lipinski definition) is 2. The SMILES string of the molecule is Cc1cc(I)cc(I)c1OCCO. The quantitative estimate of drug-likeness (QED) is 0.786. The van der Waals surface area contributed by atoms with Gasteiger partial charge in [-0.3, -0.25) is 0 Å². The summed E-state index contributed by atoms with van der Waals surface area (Å²) in [6.45, 7) is 2.43. The highest BCUT2D eigenvalue weighted by atomic mass is 127. The molecule has 0 aliphatic carbocycles. The molecule has 0 aliphatic heterocycles. The Morgan fingerprint density at radius 3 is 2.62 bits per heavy atom. The summed E-state index contributed by atoms with van der Waals surface area (Å²) in [6.07, 6.45) is 0. The molecular weight excluding hydrogens is 394 g/mol. The first kappa shape index (κ1) is 11.5. The molecule has 0 spiro atoms. The number of hydrogen-bond donors (Lipinski definition) is 1. The smallest absolute Gasteiger partial charge is 0.135 e. The van der Waals surface area contributed by atoms with Crippen molar-refractivity contribution in [1.29, 1.82) is 0 Å². The van der Waals surface area contributed by atoms with E-state index in [0.717, 1.165) is 14.9 Å². The Morgan fingerprint density at radius 2 is 2.08 bits per heavy atom. The lowest BCUT2D eigenvalue weighted by atomic mass is 10.2. The molecule has 72 valence electrons. The fourth-order valence-corrected chi connectivity index (χ4v) is 3.31. The van der Waals surface area contributed by atoms with Crippen LogP contribution in [0, 0.1) is 14.1 Å². The van der Waals surface area contributed by atoms with Gasteiger partial charge in [0, 0.05) is 3.57 Å². The summed E-state index contributed by atoms with van der Waals surface area (Å²) in [5.74, 6) is 0.884. The van der Waals surface area contributed by atoms with Crippen molar-refractivity contribution in [2.75, 3.05) is 13.2 Å². The van der Waals surface area contributed by atoms with Crippen molar-refractivity contribution in [2.24, 2.45) is 0 Å². The fraction of sp³-hybridized carbons (Fsp3) is 0.333. The number of rotatable bonds is 3. The van der Waals surface area contributed by atoms with Gasteiger partial charge in [-0.25, -0.2) is 0 Å². The lowest BCUT2D eigenvalue weighted by molar-refractivity contribution is 0.200. The average Bonchev–Trinajstić information content (AvgIpc) is 2.02. The van der Waals surface area contributed by atoms with E-state index in [1.54, 1.807) is 0 Å². The van der Waals surface area contributed by atoms with E-state index >= 15 is 0 Å². The summed E-state index contributed by atoms with van der Waals surface area (Å²) in [5, 5.41) is 8.64. The minimum Gasteiger partial charge on any atom is -0.490 e. The number of aliphatic hydroxyl groups is 1. The normalized spacial score (nSPS) is 10.2. The lowest BCUT2D eigenvalue weighted by Gasteiger charge is -2.10. The van der Waals surface area contributed by atoms with Gasteiger partial charge < -0.3 is 9.84 Å². The van der Waals surface area contributed by atoms with Crippen LogP contribution in [0.2, 0.25) is 0 Å². The molecule has 0 amide bonds. The van der Waals surface area contributed by atoms with Gasteiger partial charge in [0.25, 0.3) is 0 Å². The second kappa shape index (κ2) is 5.35. The van der Waals surface area contributed by atoms with Crippen LogP contribution in [0.15, 0.2) is 12.1 Å². The number of aliphatic hydroxyl groups excluding tert-OH is 1. The molecule has 0 fully saturated rings. The van der Waals surface area contributed by atoms with Crippen LogP contribution in [0.4, 0.5) is 0 Å². The zero-order chi connectivity index (χ0) is 9.84. The molecule has 0 aliphatic rings. The average molecular weight is 404 g/mol. The molecular formula is C9H10I2O2. The molecule has 4 heteroatoms. The number of ether oxygens (including phenoxy) is 1. The Kier molecular flexibility index (Phi) is 4.74. The highest BCUT2D eigenvalue weighted by Gasteiger charge is 2.05. The van der Waals surface area contributed by atoms with E-state index < -0.39 is 0 Å². The van der Waals surface area contributed by atoms with Gasteiger partial charge >= 0.3 is 0 Å². The summed E-state index contributed by atoms with van der Waals surface area (Å²) in [4.78, 5) is 0. The maximum atomic E-state index is 8.64. The zero-order valence-corrected chi connectivity index (χ0v) is 11.5. The van der Waals surface area contributed by atoms with E-state index in [0.29, 0.717) is 6.61 Å². The van der Waals surface area contributed by atoms with E-state index in [1.807, 2.05) is 6.92 Å². The molecule has 13 heavy (non-hydrogen) atoms. The summed E-state index contributed by atoms with van der Waals surface area (Å²) < 4.78 is 7.71. The largest absolute Gasteiger partial charge is 0.490 e. The Labute approximate surface area is 105 Å². The van der Waals surface area contributed by atoms with Crippen LogP contribution in [0.5, 0.6) is 5.75 Å². The predicted octanol–water partition coefficient (Wildman–Crippen LogP) is 2.58. The van der Waals surface area contributed by atoms with Gasteiger partial charge in [-0.05, 0) is 69.8 Å². The van der Waals surface area contributed by atoms with Crippen molar-refractivity contribution in [3.05, 3.63) is 24.8 Å². The Bertz CT molecular complexity index is 277.